The molecule has 1 aromatic rings. The molecule has 0 spiro atoms. The van der Waals surface area contributed by atoms with E-state index in [1.807, 2.05) is 12.1 Å². The quantitative estimate of drug-likeness (QED) is 0.866. The zero-order valence-corrected chi connectivity index (χ0v) is 13.0. The van der Waals surface area contributed by atoms with Crippen LogP contribution in [-0.2, 0) is 0 Å². The number of likely N-dealkylation sites (N-methyl/N-ethyl adjacent to an activating group) is 1. The average molecular weight is 276 g/mol. The molecule has 3 nitrogen and oxygen atoms in total. The topological polar surface area (TPSA) is 38.5 Å². The Labute approximate surface area is 123 Å². The lowest BCUT2D eigenvalue weighted by Gasteiger charge is -2.37. The predicted octanol–water partition coefficient (Wildman–Crippen LogP) is 3.35. The van der Waals surface area contributed by atoms with E-state index in [0.29, 0.717) is 12.1 Å². The predicted molar refractivity (Wildman–Crippen MR) is 84.0 cm³/mol. The highest BCUT2D eigenvalue weighted by molar-refractivity contribution is 5.30. The Morgan fingerprint density at radius 1 is 1.25 bits per heavy atom. The minimum atomic E-state index is 0.175. The van der Waals surface area contributed by atoms with Crippen LogP contribution >= 0.6 is 0 Å². The summed E-state index contributed by atoms with van der Waals surface area (Å²) in [5, 5.41) is 0. The van der Waals surface area contributed by atoms with Gasteiger partial charge in [-0.25, -0.2) is 0 Å². The molecule has 0 amide bonds. The van der Waals surface area contributed by atoms with Crippen LogP contribution in [0, 0.1) is 0 Å². The second kappa shape index (κ2) is 7.09. The molecule has 0 aromatic heterocycles. The van der Waals surface area contributed by atoms with Crippen molar-refractivity contribution < 1.29 is 4.74 Å². The summed E-state index contributed by atoms with van der Waals surface area (Å²) in [4.78, 5) is 2.50. The molecule has 0 bridgehead atoms. The third kappa shape index (κ3) is 3.33. The lowest BCUT2D eigenvalue weighted by atomic mass is 9.95. The molecule has 0 saturated heterocycles. The fraction of sp³-hybridized carbons (Fsp3) is 0.647. The van der Waals surface area contributed by atoms with Crippen molar-refractivity contribution in [3.8, 4) is 5.75 Å². The molecular formula is C17H28N2O. The molecule has 3 heteroatoms. The second-order valence-electron chi connectivity index (χ2n) is 5.89. The van der Waals surface area contributed by atoms with Crippen LogP contribution in [0.5, 0.6) is 5.75 Å². The molecule has 112 valence electrons. The molecule has 2 atom stereocenters. The van der Waals surface area contributed by atoms with E-state index < -0.39 is 0 Å². The molecule has 0 aliphatic heterocycles. The second-order valence-corrected chi connectivity index (χ2v) is 5.89. The summed E-state index contributed by atoms with van der Waals surface area (Å²) >= 11 is 0. The molecule has 2 N–H and O–H groups in total. The van der Waals surface area contributed by atoms with Crippen LogP contribution in [-0.4, -0.2) is 31.1 Å². The van der Waals surface area contributed by atoms with Gasteiger partial charge in [0.05, 0.1) is 7.11 Å². The number of hydrogen-bond acceptors (Lipinski definition) is 3. The minimum absolute atomic E-state index is 0.175. The van der Waals surface area contributed by atoms with Gasteiger partial charge in [-0.15, -0.1) is 0 Å². The van der Waals surface area contributed by atoms with Gasteiger partial charge in [-0.1, -0.05) is 31.9 Å². The van der Waals surface area contributed by atoms with Gasteiger partial charge in [0.25, 0.3) is 0 Å². The number of nitrogens with zero attached hydrogens (tertiary/aromatic N) is 1. The van der Waals surface area contributed by atoms with Gasteiger partial charge < -0.3 is 10.5 Å². The summed E-state index contributed by atoms with van der Waals surface area (Å²) in [5.74, 6) is 0.904. The lowest BCUT2D eigenvalue weighted by molar-refractivity contribution is 0.150. The van der Waals surface area contributed by atoms with E-state index in [1.54, 1.807) is 7.11 Å². The summed E-state index contributed by atoms with van der Waals surface area (Å²) < 4.78 is 5.25. The first kappa shape index (κ1) is 15.3. The maximum atomic E-state index is 6.42. The van der Waals surface area contributed by atoms with E-state index in [2.05, 4.69) is 31.0 Å². The Kier molecular flexibility index (Phi) is 5.44. The number of rotatable bonds is 6. The van der Waals surface area contributed by atoms with E-state index in [4.69, 9.17) is 10.5 Å². The summed E-state index contributed by atoms with van der Waals surface area (Å²) in [7, 11) is 3.94. The molecule has 0 radical (unpaired) electrons. The number of nitrogens with two attached hydrogens (primary N) is 1. The van der Waals surface area contributed by atoms with Gasteiger partial charge in [-0.05, 0) is 44.0 Å². The van der Waals surface area contributed by atoms with E-state index in [1.165, 1.54) is 31.2 Å². The Bertz CT molecular complexity index is 398. The highest BCUT2D eigenvalue weighted by Gasteiger charge is 2.29. The van der Waals surface area contributed by atoms with Crippen molar-refractivity contribution in [1.29, 1.82) is 0 Å². The summed E-state index contributed by atoms with van der Waals surface area (Å²) in [5.41, 5.74) is 7.72. The van der Waals surface area contributed by atoms with Crippen molar-refractivity contribution >= 4 is 0 Å². The fourth-order valence-electron chi connectivity index (χ4n) is 3.35. The molecule has 1 saturated carbocycles. The minimum Gasteiger partial charge on any atom is -0.497 e. The van der Waals surface area contributed by atoms with Crippen LogP contribution in [0.15, 0.2) is 24.3 Å². The fourth-order valence-corrected chi connectivity index (χ4v) is 3.35. The van der Waals surface area contributed by atoms with E-state index >= 15 is 0 Å². The smallest absolute Gasteiger partial charge is 0.118 e. The summed E-state index contributed by atoms with van der Waals surface area (Å²) in [6.45, 7) is 2.17. The first-order valence-electron chi connectivity index (χ1n) is 7.78. The zero-order chi connectivity index (χ0) is 14.5. The van der Waals surface area contributed by atoms with E-state index in [9.17, 15) is 0 Å². The molecule has 20 heavy (non-hydrogen) atoms. The Morgan fingerprint density at radius 3 is 2.35 bits per heavy atom. The Balaban J connectivity index is 2.21. The summed E-state index contributed by atoms with van der Waals surface area (Å²) in [6, 6.07) is 9.54. The van der Waals surface area contributed by atoms with Gasteiger partial charge in [0.15, 0.2) is 0 Å². The third-order valence-corrected chi connectivity index (χ3v) is 4.67. The molecule has 1 aliphatic rings. The Morgan fingerprint density at radius 2 is 1.85 bits per heavy atom. The van der Waals surface area contributed by atoms with Gasteiger partial charge in [-0.2, -0.15) is 0 Å². The highest BCUT2D eigenvalue weighted by Crippen LogP contribution is 2.32. The van der Waals surface area contributed by atoms with Crippen molar-refractivity contribution in [3.63, 3.8) is 0 Å². The number of methoxy groups -OCH3 is 1. The van der Waals surface area contributed by atoms with Crippen LogP contribution in [0.3, 0.4) is 0 Å². The van der Waals surface area contributed by atoms with Gasteiger partial charge in [0, 0.05) is 18.1 Å². The van der Waals surface area contributed by atoms with Crippen LogP contribution in [0.4, 0.5) is 0 Å². The van der Waals surface area contributed by atoms with Crippen LogP contribution in [0.2, 0.25) is 0 Å². The van der Waals surface area contributed by atoms with Gasteiger partial charge in [-0.3, -0.25) is 4.90 Å². The van der Waals surface area contributed by atoms with Crippen LogP contribution in [0.25, 0.3) is 0 Å². The normalized spacial score (nSPS) is 19.2. The molecular weight excluding hydrogens is 248 g/mol. The average Bonchev–Trinajstić information content (AvgIpc) is 3.02. The third-order valence-electron chi connectivity index (χ3n) is 4.67. The van der Waals surface area contributed by atoms with E-state index in [0.717, 1.165) is 12.2 Å². The zero-order valence-electron chi connectivity index (χ0n) is 13.0. The SMILES string of the molecule is CCC(N)C(c1ccc(OC)cc1)N(C)C1CCCC1. The van der Waals surface area contributed by atoms with Gasteiger partial charge >= 0.3 is 0 Å². The monoisotopic (exact) mass is 276 g/mol. The first-order chi connectivity index (χ1) is 9.67. The lowest BCUT2D eigenvalue weighted by Crippen LogP contribution is -2.43. The highest BCUT2D eigenvalue weighted by atomic mass is 16.5. The van der Waals surface area contributed by atoms with Crippen LogP contribution in [0.1, 0.15) is 50.6 Å². The van der Waals surface area contributed by atoms with Gasteiger partial charge in [0.1, 0.15) is 5.75 Å². The van der Waals surface area contributed by atoms with Crippen molar-refractivity contribution in [2.45, 2.75) is 57.2 Å². The number of hydrogen-bond donors (Lipinski definition) is 1. The number of ether oxygens (including phenoxy) is 1. The molecule has 2 unspecified atom stereocenters. The maximum absolute atomic E-state index is 6.42. The number of benzene rings is 1. The van der Waals surface area contributed by atoms with E-state index in [-0.39, 0.29) is 6.04 Å². The van der Waals surface area contributed by atoms with Gasteiger partial charge in [0.2, 0.25) is 0 Å². The summed E-state index contributed by atoms with van der Waals surface area (Å²) in [6.07, 6.45) is 6.31. The largest absolute Gasteiger partial charge is 0.497 e. The molecule has 1 aromatic carbocycles. The molecule has 0 heterocycles. The first-order valence-corrected chi connectivity index (χ1v) is 7.78. The molecule has 2 rings (SSSR count). The van der Waals surface area contributed by atoms with Crippen molar-refractivity contribution in [2.75, 3.05) is 14.2 Å². The molecule has 1 aliphatic carbocycles. The Hall–Kier alpha value is -1.06. The van der Waals surface area contributed by atoms with Crippen LogP contribution < -0.4 is 10.5 Å². The van der Waals surface area contributed by atoms with Crippen molar-refractivity contribution in [3.05, 3.63) is 29.8 Å². The molecule has 1 fully saturated rings. The van der Waals surface area contributed by atoms with Crippen molar-refractivity contribution in [1.82, 2.24) is 4.90 Å². The maximum Gasteiger partial charge on any atom is 0.118 e. The van der Waals surface area contributed by atoms with Crippen molar-refractivity contribution in [2.24, 2.45) is 5.73 Å². The standard InChI is InChI=1S/C17H28N2O/c1-4-16(18)17(19(2)14-7-5-6-8-14)13-9-11-15(20-3)12-10-13/h9-12,14,16-17H,4-8,18H2,1-3H3.